The Morgan fingerprint density at radius 1 is 1.05 bits per heavy atom. The Balaban J connectivity index is 1.49. The first kappa shape index (κ1) is 25.9. The number of fused-ring (bicyclic) bond motifs is 2. The van der Waals surface area contributed by atoms with Crippen molar-refractivity contribution in [2.75, 3.05) is 18.0 Å². The summed E-state index contributed by atoms with van der Waals surface area (Å²) in [5, 5.41) is 0. The first-order valence-corrected chi connectivity index (χ1v) is 14.4. The fourth-order valence-electron chi connectivity index (χ4n) is 4.81. The minimum absolute atomic E-state index is 0.0823. The third kappa shape index (κ3) is 4.77. The Bertz CT molecular complexity index is 1730. The van der Waals surface area contributed by atoms with Gasteiger partial charge in [-0.1, -0.05) is 35.6 Å². The third-order valence-electron chi connectivity index (χ3n) is 6.58. The topological polar surface area (TPSA) is 98.0 Å². The predicted octanol–water partition coefficient (Wildman–Crippen LogP) is 4.38. The van der Waals surface area contributed by atoms with Crippen LogP contribution in [0, 0.1) is 13.8 Å². The van der Waals surface area contributed by atoms with Crippen LogP contribution in [0.15, 0.2) is 70.6 Å². The molecule has 1 aliphatic rings. The second kappa shape index (κ2) is 10.2. The summed E-state index contributed by atoms with van der Waals surface area (Å²) in [6, 6.07) is 17.3. The van der Waals surface area contributed by atoms with Gasteiger partial charge in [0, 0.05) is 12.1 Å². The molecule has 0 bridgehead atoms. The number of carbonyl (C=O) groups is 2. The molecule has 0 fully saturated rings. The van der Waals surface area contributed by atoms with Crippen LogP contribution in [0.2, 0.25) is 0 Å². The van der Waals surface area contributed by atoms with E-state index < -0.39 is 21.9 Å². The molecule has 0 atom stereocenters. The van der Waals surface area contributed by atoms with Gasteiger partial charge in [0.05, 0.1) is 27.9 Å². The molecule has 0 aliphatic carbocycles. The van der Waals surface area contributed by atoms with Crippen molar-refractivity contribution in [1.82, 2.24) is 4.57 Å². The molecule has 5 rings (SSSR count). The Labute approximate surface area is 224 Å². The lowest BCUT2D eigenvalue weighted by Crippen LogP contribution is -2.35. The van der Waals surface area contributed by atoms with E-state index >= 15 is 0 Å². The van der Waals surface area contributed by atoms with Gasteiger partial charge in [-0.2, -0.15) is 4.99 Å². The zero-order valence-corrected chi connectivity index (χ0v) is 22.9. The summed E-state index contributed by atoms with van der Waals surface area (Å²) in [6.45, 7) is 4.25. The van der Waals surface area contributed by atoms with E-state index in [2.05, 4.69) is 4.99 Å². The Morgan fingerprint density at radius 3 is 2.53 bits per heavy atom. The van der Waals surface area contributed by atoms with Crippen molar-refractivity contribution < 1.29 is 22.7 Å². The lowest BCUT2D eigenvalue weighted by atomic mass is 10.0. The van der Waals surface area contributed by atoms with E-state index in [9.17, 15) is 18.0 Å². The number of benzene rings is 3. The van der Waals surface area contributed by atoms with E-state index in [4.69, 9.17) is 4.74 Å². The molecule has 196 valence electrons. The number of aryl methyl sites for hydroxylation is 3. The average molecular weight is 550 g/mol. The first-order chi connectivity index (χ1) is 18.2. The number of para-hydroxylation sites is 1. The van der Waals surface area contributed by atoms with E-state index in [-0.39, 0.29) is 17.0 Å². The second-order valence-electron chi connectivity index (χ2n) is 9.23. The summed E-state index contributed by atoms with van der Waals surface area (Å²) in [7, 11) is -2.47. The van der Waals surface area contributed by atoms with Crippen LogP contribution in [0.4, 0.5) is 5.69 Å². The number of aromatic nitrogens is 1. The number of sulfonamides is 1. The number of esters is 1. The molecule has 0 saturated carbocycles. The van der Waals surface area contributed by atoms with Crippen molar-refractivity contribution in [1.29, 1.82) is 0 Å². The number of thiazole rings is 1. The highest BCUT2D eigenvalue weighted by atomic mass is 32.2. The maximum atomic E-state index is 13.4. The van der Waals surface area contributed by atoms with E-state index in [0.29, 0.717) is 17.0 Å². The minimum Gasteiger partial charge on any atom is -0.468 e. The molecule has 0 spiro atoms. The lowest BCUT2D eigenvalue weighted by Gasteiger charge is -2.30. The maximum Gasteiger partial charge on any atom is 0.325 e. The maximum absolute atomic E-state index is 13.4. The number of amides is 1. The molecule has 0 saturated heterocycles. The van der Waals surface area contributed by atoms with Gasteiger partial charge < -0.3 is 9.30 Å². The molecule has 10 heteroatoms. The summed E-state index contributed by atoms with van der Waals surface area (Å²) >= 11 is 1.31. The van der Waals surface area contributed by atoms with Crippen LogP contribution in [0.3, 0.4) is 0 Å². The number of carbonyl (C=O) groups excluding carboxylic acids is 2. The van der Waals surface area contributed by atoms with Crippen molar-refractivity contribution in [3.63, 3.8) is 0 Å². The van der Waals surface area contributed by atoms with Gasteiger partial charge in [0.25, 0.3) is 15.9 Å². The number of hydrogen-bond donors (Lipinski definition) is 0. The Kier molecular flexibility index (Phi) is 6.93. The summed E-state index contributed by atoms with van der Waals surface area (Å²) in [6.07, 6.45) is 1.58. The zero-order valence-electron chi connectivity index (χ0n) is 21.3. The zero-order chi connectivity index (χ0) is 27.0. The normalized spacial score (nSPS) is 14.0. The van der Waals surface area contributed by atoms with Crippen molar-refractivity contribution in [3.05, 3.63) is 87.7 Å². The lowest BCUT2D eigenvalue weighted by molar-refractivity contribution is -0.141. The van der Waals surface area contributed by atoms with Gasteiger partial charge in [-0.3, -0.25) is 13.9 Å². The van der Waals surface area contributed by atoms with Gasteiger partial charge >= 0.3 is 5.97 Å². The fourth-order valence-corrected chi connectivity index (χ4v) is 7.56. The number of ether oxygens (including phenoxy) is 1. The largest absolute Gasteiger partial charge is 0.468 e. The molecule has 0 N–H and O–H groups in total. The van der Waals surface area contributed by atoms with Crippen molar-refractivity contribution in [2.45, 2.75) is 38.1 Å². The first-order valence-electron chi connectivity index (χ1n) is 12.2. The van der Waals surface area contributed by atoms with E-state index in [1.54, 1.807) is 4.57 Å². The molecule has 0 unspecified atom stereocenters. The fraction of sp³-hybridized carbons (Fsp3) is 0.250. The van der Waals surface area contributed by atoms with E-state index in [1.807, 2.05) is 50.2 Å². The Morgan fingerprint density at radius 2 is 1.79 bits per heavy atom. The highest BCUT2D eigenvalue weighted by Gasteiger charge is 2.29. The predicted molar refractivity (Wildman–Crippen MR) is 147 cm³/mol. The van der Waals surface area contributed by atoms with Crippen LogP contribution in [-0.4, -0.2) is 38.5 Å². The van der Waals surface area contributed by atoms with Gasteiger partial charge in [0.15, 0.2) is 4.80 Å². The summed E-state index contributed by atoms with van der Waals surface area (Å²) in [5.74, 6) is -0.982. The molecule has 1 aliphatic heterocycles. The standard InChI is InChI=1S/C28H27N3O5S2/c1-18-15-19(2)26-24(16-18)37-28(30(26)17-25(32)36-3)29-27(33)21-10-12-22(13-11-21)38(34,35)31-14-6-8-20-7-4-5-9-23(20)31/h4-5,7,9-13,15-16H,6,8,14,17H2,1-3H3. The van der Waals surface area contributed by atoms with Crippen LogP contribution in [0.1, 0.15) is 33.5 Å². The molecule has 4 aromatic rings. The van der Waals surface area contributed by atoms with Crippen molar-refractivity contribution in [3.8, 4) is 0 Å². The average Bonchev–Trinajstić information content (AvgIpc) is 3.24. The number of nitrogens with zero attached hydrogens (tertiary/aromatic N) is 3. The number of anilines is 1. The minimum atomic E-state index is -3.79. The van der Waals surface area contributed by atoms with Crippen LogP contribution < -0.4 is 9.11 Å². The smallest absolute Gasteiger partial charge is 0.325 e. The van der Waals surface area contributed by atoms with Crippen LogP contribution in [0.5, 0.6) is 0 Å². The van der Waals surface area contributed by atoms with Gasteiger partial charge in [-0.05, 0) is 79.8 Å². The monoisotopic (exact) mass is 549 g/mol. The molecule has 0 radical (unpaired) electrons. The SMILES string of the molecule is COC(=O)Cn1c(=NC(=O)c2ccc(S(=O)(=O)N3CCCc4ccccc43)cc2)sc2cc(C)cc(C)c21. The van der Waals surface area contributed by atoms with Gasteiger partial charge in [0.1, 0.15) is 6.54 Å². The summed E-state index contributed by atoms with van der Waals surface area (Å²) < 4.78 is 35.7. The Hall–Kier alpha value is -3.76. The quantitative estimate of drug-likeness (QED) is 0.344. The molecule has 1 amide bonds. The van der Waals surface area contributed by atoms with Crippen LogP contribution in [-0.2, 0) is 32.5 Å². The molecule has 8 nitrogen and oxygen atoms in total. The molecule has 1 aromatic heterocycles. The third-order valence-corrected chi connectivity index (χ3v) is 9.43. The summed E-state index contributed by atoms with van der Waals surface area (Å²) in [4.78, 5) is 30.0. The van der Waals surface area contributed by atoms with Gasteiger partial charge in [-0.15, -0.1) is 0 Å². The highest BCUT2D eigenvalue weighted by Crippen LogP contribution is 2.32. The van der Waals surface area contributed by atoms with Crippen LogP contribution >= 0.6 is 11.3 Å². The molecular formula is C28H27N3O5S2. The second-order valence-corrected chi connectivity index (χ2v) is 12.1. The molecular weight excluding hydrogens is 522 g/mol. The van der Waals surface area contributed by atoms with Gasteiger partial charge in [0.2, 0.25) is 0 Å². The van der Waals surface area contributed by atoms with Gasteiger partial charge in [-0.25, -0.2) is 8.42 Å². The van der Waals surface area contributed by atoms with Crippen LogP contribution in [0.25, 0.3) is 10.2 Å². The van der Waals surface area contributed by atoms with Crippen molar-refractivity contribution >= 4 is 49.1 Å². The molecule has 38 heavy (non-hydrogen) atoms. The van der Waals surface area contributed by atoms with E-state index in [1.165, 1.54) is 47.0 Å². The number of methoxy groups -OCH3 is 1. The molecule has 2 heterocycles. The molecule has 3 aromatic carbocycles. The summed E-state index contributed by atoms with van der Waals surface area (Å²) in [5.41, 5.74) is 4.79. The van der Waals surface area contributed by atoms with Crippen molar-refractivity contribution in [2.24, 2.45) is 4.99 Å². The number of hydrogen-bond acceptors (Lipinski definition) is 6. The number of rotatable bonds is 5. The van der Waals surface area contributed by atoms with E-state index in [0.717, 1.165) is 39.7 Å². The highest BCUT2D eigenvalue weighted by molar-refractivity contribution is 7.92.